The highest BCUT2D eigenvalue weighted by atomic mass is 79.9. The molecule has 1 fully saturated rings. The van der Waals surface area contributed by atoms with E-state index in [1.807, 2.05) is 27.7 Å². The van der Waals surface area contributed by atoms with Gasteiger partial charge >= 0.3 is 0 Å². The van der Waals surface area contributed by atoms with Crippen LogP contribution in [0.1, 0.15) is 116 Å². The zero-order valence-corrected chi connectivity index (χ0v) is 39.8. The van der Waals surface area contributed by atoms with E-state index in [0.717, 1.165) is 12.5 Å². The Morgan fingerprint density at radius 1 is 0.970 bits per heavy atom. The molecule has 7 atom stereocenters. The maximum Gasteiger partial charge on any atom is 0.290 e. The van der Waals surface area contributed by atoms with E-state index < -0.39 is 77.5 Å². The normalized spacial score (nSPS) is 23.2. The first-order valence-corrected chi connectivity index (χ1v) is 23.4. The maximum absolute atomic E-state index is 14.5. The van der Waals surface area contributed by atoms with Crippen molar-refractivity contribution in [1.29, 1.82) is 0 Å². The van der Waals surface area contributed by atoms with Crippen LogP contribution in [-0.2, 0) is 44.8 Å². The van der Waals surface area contributed by atoms with Gasteiger partial charge in [-0.15, -0.1) is 0 Å². The molecule has 19 nitrogen and oxygen atoms in total. The van der Waals surface area contributed by atoms with Crippen LogP contribution >= 0.6 is 15.9 Å². The van der Waals surface area contributed by atoms with Crippen LogP contribution < -0.4 is 31.9 Å². The van der Waals surface area contributed by atoms with Crippen molar-refractivity contribution in [1.82, 2.24) is 46.8 Å². The second-order valence-electron chi connectivity index (χ2n) is 17.5. The molecule has 358 valence electrons. The number of nitrogens with zero attached hydrogens (tertiary/aromatic N) is 2. The average Bonchev–Trinajstić information content (AvgIpc) is 4.03. The number of aromatic amines is 1. The standard InChI is InChI=1S/C46H62BrN9O10/c1-7-25(5)20-38(59)51-31(8-2)42(62)54-33-11-9-17-48-41(61)35(22-30-29-21-28(57)14-15-32(29)53-40(30)47)52-37(58)16-13-27-23-66-45(50-27)26(6)49-44(64)39(60)34(19-24(3)4)55-43(63)36-12-10-18-56(36)46(33)65/h13-16,21,23-26,31,33-36,53,57H,7-12,17-20,22H2,1-6H3,(H,48,61)(H,49,64)(H,51,59)(H,52,58)(H,54,62)(H,55,63)/b16-13+/t25-,26-,31-,33-,34-,35-,36-/m0/s1. The van der Waals surface area contributed by atoms with E-state index in [2.05, 4.69) is 57.8 Å². The molecule has 2 aliphatic rings. The third kappa shape index (κ3) is 13.5. The van der Waals surface area contributed by atoms with Gasteiger partial charge in [0.05, 0.1) is 10.6 Å². The summed E-state index contributed by atoms with van der Waals surface area (Å²) in [4.78, 5) is 119. The molecule has 0 saturated carbocycles. The van der Waals surface area contributed by atoms with Gasteiger partial charge in [0.25, 0.3) is 5.91 Å². The summed E-state index contributed by atoms with van der Waals surface area (Å²) in [5, 5.41) is 27.4. The minimum atomic E-state index is -1.23. The Labute approximate surface area is 391 Å². The topological polar surface area (TPSA) is 274 Å². The number of carbonyl (C=O) groups is 8. The molecular weight excluding hydrogens is 918 g/mol. The summed E-state index contributed by atoms with van der Waals surface area (Å²) < 4.78 is 6.09. The number of phenols is 1. The number of halogens is 1. The van der Waals surface area contributed by atoms with Crippen molar-refractivity contribution in [2.75, 3.05) is 13.1 Å². The van der Waals surface area contributed by atoms with Gasteiger partial charge < -0.3 is 51.3 Å². The number of amides is 7. The van der Waals surface area contributed by atoms with E-state index in [1.54, 1.807) is 19.9 Å². The summed E-state index contributed by atoms with van der Waals surface area (Å²) >= 11 is 3.51. The van der Waals surface area contributed by atoms with Gasteiger partial charge in [0.1, 0.15) is 47.9 Å². The number of carbonyl (C=O) groups excluding carboxylic acids is 8. The summed E-state index contributed by atoms with van der Waals surface area (Å²) in [6.45, 7) is 11.0. The molecule has 2 bridgehead atoms. The van der Waals surface area contributed by atoms with Crippen molar-refractivity contribution in [3.63, 3.8) is 0 Å². The molecule has 4 heterocycles. The van der Waals surface area contributed by atoms with Crippen LogP contribution in [0, 0.1) is 11.8 Å². The van der Waals surface area contributed by atoms with Crippen molar-refractivity contribution in [2.24, 2.45) is 11.8 Å². The number of oxazole rings is 1. The highest BCUT2D eigenvalue weighted by Crippen LogP contribution is 2.30. The number of aromatic nitrogens is 2. The lowest BCUT2D eigenvalue weighted by Gasteiger charge is -2.31. The Bertz CT molecular complexity index is 2310. The van der Waals surface area contributed by atoms with E-state index in [-0.39, 0.29) is 93.1 Å². The minimum absolute atomic E-state index is 0.000949. The van der Waals surface area contributed by atoms with Crippen LogP contribution in [0.2, 0.25) is 0 Å². The van der Waals surface area contributed by atoms with Gasteiger partial charge in [0.2, 0.25) is 47.1 Å². The van der Waals surface area contributed by atoms with Crippen molar-refractivity contribution in [3.8, 4) is 5.75 Å². The Kier molecular flexibility index (Phi) is 18.1. The van der Waals surface area contributed by atoms with Crippen molar-refractivity contribution < 1.29 is 47.9 Å². The molecule has 8 N–H and O–H groups in total. The summed E-state index contributed by atoms with van der Waals surface area (Å²) in [6.07, 6.45) is 5.93. The fourth-order valence-electron chi connectivity index (χ4n) is 7.97. The molecule has 2 aromatic heterocycles. The first kappa shape index (κ1) is 50.9. The number of hydrogen-bond acceptors (Lipinski definition) is 11. The monoisotopic (exact) mass is 979 g/mol. The van der Waals surface area contributed by atoms with Crippen molar-refractivity contribution in [2.45, 2.75) is 136 Å². The van der Waals surface area contributed by atoms with Gasteiger partial charge in [-0.25, -0.2) is 4.98 Å². The number of fused-ring (bicyclic) bond motifs is 4. The fraction of sp³-hybridized carbons (Fsp3) is 0.543. The predicted octanol–water partition coefficient (Wildman–Crippen LogP) is 3.36. The molecule has 0 aliphatic carbocycles. The molecule has 66 heavy (non-hydrogen) atoms. The van der Waals surface area contributed by atoms with Crippen LogP contribution in [0.4, 0.5) is 0 Å². The Hall–Kier alpha value is -6.05. The molecule has 5 rings (SSSR count). The van der Waals surface area contributed by atoms with Gasteiger partial charge in [0, 0.05) is 42.9 Å². The molecule has 7 amide bonds. The second kappa shape index (κ2) is 23.4. The van der Waals surface area contributed by atoms with E-state index in [0.29, 0.717) is 27.5 Å². The molecule has 20 heteroatoms. The summed E-state index contributed by atoms with van der Waals surface area (Å²) in [6, 6.07) is -1.75. The zero-order chi connectivity index (χ0) is 48.2. The molecule has 1 aromatic carbocycles. The smallest absolute Gasteiger partial charge is 0.290 e. The number of ketones is 1. The molecular formula is C46H62BrN9O10. The Balaban J connectivity index is 1.46. The highest BCUT2D eigenvalue weighted by molar-refractivity contribution is 9.10. The Morgan fingerprint density at radius 3 is 2.44 bits per heavy atom. The summed E-state index contributed by atoms with van der Waals surface area (Å²) in [5.74, 6) is -5.24. The fourth-order valence-corrected chi connectivity index (χ4v) is 8.56. The number of rotatable bonds is 11. The predicted molar refractivity (Wildman–Crippen MR) is 247 cm³/mol. The maximum atomic E-state index is 14.5. The third-order valence-electron chi connectivity index (χ3n) is 11.8. The number of Topliss-reactive ketones (excluding diaryl/α,β-unsaturated/α-hetero) is 1. The average molecular weight is 981 g/mol. The second-order valence-corrected chi connectivity index (χ2v) is 18.3. The van der Waals surface area contributed by atoms with Crippen LogP contribution in [-0.4, -0.2) is 110 Å². The molecule has 0 spiro atoms. The first-order chi connectivity index (χ1) is 31.4. The van der Waals surface area contributed by atoms with E-state index in [1.165, 1.54) is 29.4 Å². The van der Waals surface area contributed by atoms with Gasteiger partial charge in [-0.1, -0.05) is 41.0 Å². The number of H-pyrrole nitrogens is 1. The first-order valence-electron chi connectivity index (χ1n) is 22.6. The largest absolute Gasteiger partial charge is 0.508 e. The number of phenolic OH excluding ortho intramolecular Hbond substituents is 1. The van der Waals surface area contributed by atoms with Crippen LogP contribution in [0.3, 0.4) is 0 Å². The minimum Gasteiger partial charge on any atom is -0.508 e. The molecule has 3 aromatic rings. The summed E-state index contributed by atoms with van der Waals surface area (Å²) in [7, 11) is 0. The van der Waals surface area contributed by atoms with Gasteiger partial charge in [-0.2, -0.15) is 0 Å². The summed E-state index contributed by atoms with van der Waals surface area (Å²) in [5.41, 5.74) is 1.48. The number of benzene rings is 1. The lowest BCUT2D eigenvalue weighted by Crippen LogP contribution is -2.58. The third-order valence-corrected chi connectivity index (χ3v) is 12.5. The van der Waals surface area contributed by atoms with Gasteiger partial charge in [0.15, 0.2) is 0 Å². The number of hydrogen-bond donors (Lipinski definition) is 8. The molecule has 2 aliphatic heterocycles. The van der Waals surface area contributed by atoms with Gasteiger partial charge in [-0.05, 0) is 103 Å². The van der Waals surface area contributed by atoms with Crippen LogP contribution in [0.5, 0.6) is 5.75 Å². The van der Waals surface area contributed by atoms with E-state index in [9.17, 15) is 43.5 Å². The quantitative estimate of drug-likeness (QED) is 0.129. The SMILES string of the molecule is CC[C@H](C)CC(=O)N[C@@H](CC)C(=O)N[C@H]1CCCNC(=O)[C@H](Cc2c(Br)[nH]c3ccc(O)cc23)NC(=O)/C=C/c2coc(n2)[C@H](C)NC(=O)C(=O)[C@H](CC(C)C)NC(=O)[C@@H]2CCCN2C1=O. The van der Waals surface area contributed by atoms with Crippen molar-refractivity contribution in [3.05, 3.63) is 52.3 Å². The van der Waals surface area contributed by atoms with Crippen LogP contribution in [0.15, 0.2) is 39.6 Å². The number of nitrogens with one attached hydrogen (secondary N) is 7. The van der Waals surface area contributed by atoms with Crippen molar-refractivity contribution >= 4 is 80.0 Å². The Morgan fingerprint density at radius 2 is 1.73 bits per heavy atom. The molecule has 0 unspecified atom stereocenters. The lowest BCUT2D eigenvalue weighted by atomic mass is 9.98. The molecule has 1 saturated heterocycles. The van der Waals surface area contributed by atoms with Crippen LogP contribution in [0.25, 0.3) is 17.0 Å². The lowest BCUT2D eigenvalue weighted by molar-refractivity contribution is -0.144. The highest BCUT2D eigenvalue weighted by Gasteiger charge is 2.40. The molecule has 0 radical (unpaired) electrons. The van der Waals surface area contributed by atoms with E-state index >= 15 is 0 Å². The number of aromatic hydroxyl groups is 1. The van der Waals surface area contributed by atoms with Gasteiger partial charge in [-0.3, -0.25) is 38.4 Å². The zero-order valence-electron chi connectivity index (χ0n) is 38.3. The van der Waals surface area contributed by atoms with E-state index in [4.69, 9.17) is 4.42 Å².